The number of fused-ring (bicyclic) bond motifs is 1. The van der Waals surface area contributed by atoms with Crippen molar-refractivity contribution in [3.05, 3.63) is 34.6 Å². The van der Waals surface area contributed by atoms with Gasteiger partial charge in [0.1, 0.15) is 5.58 Å². The molecule has 26 heavy (non-hydrogen) atoms. The predicted octanol–water partition coefficient (Wildman–Crippen LogP) is 3.45. The van der Waals surface area contributed by atoms with Crippen LogP contribution in [0.3, 0.4) is 0 Å². The average molecular weight is 358 g/mol. The molecule has 1 saturated heterocycles. The molecule has 1 aliphatic rings. The lowest BCUT2D eigenvalue weighted by Gasteiger charge is -2.39. The second kappa shape index (κ2) is 7.41. The van der Waals surface area contributed by atoms with Crippen LogP contribution in [0, 0.1) is 26.2 Å². The zero-order chi connectivity index (χ0) is 18.9. The van der Waals surface area contributed by atoms with Gasteiger partial charge >= 0.3 is 0 Å². The summed E-state index contributed by atoms with van der Waals surface area (Å²) < 4.78 is 11.4. The monoisotopic (exact) mass is 358 g/mol. The number of carbonyl (C=O) groups excluding carboxylic acids is 1. The summed E-state index contributed by atoms with van der Waals surface area (Å²) in [5.74, 6) is 0.302. The van der Waals surface area contributed by atoms with Gasteiger partial charge in [0, 0.05) is 42.7 Å². The number of nitrogens with one attached hydrogen (secondary N) is 1. The molecular weight excluding hydrogens is 328 g/mol. The van der Waals surface area contributed by atoms with Crippen LogP contribution in [0.15, 0.2) is 16.5 Å². The fourth-order valence-corrected chi connectivity index (χ4v) is 3.91. The quantitative estimate of drug-likeness (QED) is 0.889. The summed E-state index contributed by atoms with van der Waals surface area (Å²) in [4.78, 5) is 15.0. The minimum atomic E-state index is -0.126. The number of aryl methyl sites for hydroxylation is 3. The van der Waals surface area contributed by atoms with Crippen LogP contribution in [0.1, 0.15) is 40.1 Å². The Labute approximate surface area is 155 Å². The van der Waals surface area contributed by atoms with E-state index in [0.717, 1.165) is 49.1 Å². The lowest BCUT2D eigenvalue weighted by atomic mass is 9.79. The van der Waals surface area contributed by atoms with Gasteiger partial charge in [-0.2, -0.15) is 0 Å². The van der Waals surface area contributed by atoms with Crippen molar-refractivity contribution >= 4 is 16.9 Å². The Morgan fingerprint density at radius 1 is 1.15 bits per heavy atom. The number of benzene rings is 1. The molecule has 1 N–H and O–H groups in total. The molecule has 0 aliphatic carbocycles. The first kappa shape index (κ1) is 18.9. The highest BCUT2D eigenvalue weighted by molar-refractivity contribution is 5.99. The Bertz CT molecular complexity index is 801. The fourth-order valence-electron chi connectivity index (χ4n) is 3.91. The normalized spacial score (nSPS) is 17.0. The third kappa shape index (κ3) is 3.79. The molecule has 1 aromatic carbocycles. The molecular formula is C21H30N2O3. The van der Waals surface area contributed by atoms with Gasteiger partial charge in [-0.1, -0.05) is 0 Å². The molecule has 3 rings (SSSR count). The molecule has 0 radical (unpaired) electrons. The third-order valence-electron chi connectivity index (χ3n) is 5.59. The maximum absolute atomic E-state index is 12.8. The topological polar surface area (TPSA) is 54.7 Å². The van der Waals surface area contributed by atoms with E-state index in [1.165, 1.54) is 11.1 Å². The zero-order valence-electron chi connectivity index (χ0n) is 16.6. The predicted molar refractivity (Wildman–Crippen MR) is 104 cm³/mol. The number of hydrogen-bond acceptors (Lipinski definition) is 4. The van der Waals surface area contributed by atoms with Crippen molar-refractivity contribution < 1.29 is 13.9 Å². The van der Waals surface area contributed by atoms with Crippen LogP contribution < -0.4 is 5.32 Å². The van der Waals surface area contributed by atoms with E-state index in [1.54, 1.807) is 0 Å². The van der Waals surface area contributed by atoms with Crippen LogP contribution in [0.4, 0.5) is 0 Å². The average Bonchev–Trinajstić information content (AvgIpc) is 2.90. The Hall–Kier alpha value is -1.85. The highest BCUT2D eigenvalue weighted by atomic mass is 16.5. The maximum Gasteiger partial charge on any atom is 0.287 e. The van der Waals surface area contributed by atoms with Crippen LogP contribution >= 0.6 is 0 Å². The number of rotatable bonds is 5. The van der Waals surface area contributed by atoms with Crippen molar-refractivity contribution in [3.63, 3.8) is 0 Å². The van der Waals surface area contributed by atoms with Gasteiger partial charge in [0.25, 0.3) is 5.91 Å². The standard InChI is InChI=1S/C21H30N2O3/c1-14-10-17-16(3)19(26-18(17)11-15(14)2)20(24)22-12-21(13-23(4)5)6-8-25-9-7-21/h10-11H,6-9,12-13H2,1-5H3,(H,22,24). The van der Waals surface area contributed by atoms with E-state index >= 15 is 0 Å². The lowest BCUT2D eigenvalue weighted by molar-refractivity contribution is 0.00273. The molecule has 0 saturated carbocycles. The zero-order valence-corrected chi connectivity index (χ0v) is 16.6. The number of carbonyl (C=O) groups is 1. The van der Waals surface area contributed by atoms with Gasteiger partial charge in [-0.3, -0.25) is 4.79 Å². The molecule has 2 aromatic rings. The summed E-state index contributed by atoms with van der Waals surface area (Å²) in [5.41, 5.74) is 4.13. The molecule has 5 nitrogen and oxygen atoms in total. The van der Waals surface area contributed by atoms with Gasteiger partial charge in [-0.25, -0.2) is 0 Å². The molecule has 1 aromatic heterocycles. The Morgan fingerprint density at radius 2 is 1.81 bits per heavy atom. The van der Waals surface area contributed by atoms with Gasteiger partial charge in [0.2, 0.25) is 0 Å². The minimum Gasteiger partial charge on any atom is -0.451 e. The van der Waals surface area contributed by atoms with Gasteiger partial charge in [-0.15, -0.1) is 0 Å². The summed E-state index contributed by atoms with van der Waals surface area (Å²) in [6, 6.07) is 4.12. The van der Waals surface area contributed by atoms with Crippen molar-refractivity contribution in [2.45, 2.75) is 33.6 Å². The van der Waals surface area contributed by atoms with Crippen LogP contribution in [-0.2, 0) is 4.74 Å². The molecule has 1 fully saturated rings. The summed E-state index contributed by atoms with van der Waals surface area (Å²) in [7, 11) is 4.15. The largest absolute Gasteiger partial charge is 0.451 e. The molecule has 0 atom stereocenters. The van der Waals surface area contributed by atoms with E-state index < -0.39 is 0 Å². The number of amides is 1. The summed E-state index contributed by atoms with van der Waals surface area (Å²) in [6.45, 7) is 9.19. The first-order chi connectivity index (χ1) is 12.3. The van der Waals surface area contributed by atoms with Crippen LogP contribution in [0.5, 0.6) is 0 Å². The van der Waals surface area contributed by atoms with Gasteiger partial charge in [0.15, 0.2) is 5.76 Å². The van der Waals surface area contributed by atoms with E-state index in [1.807, 2.05) is 13.0 Å². The molecule has 0 spiro atoms. The van der Waals surface area contributed by atoms with Crippen LogP contribution in [0.2, 0.25) is 0 Å². The van der Waals surface area contributed by atoms with Crippen LogP contribution in [-0.4, -0.2) is 51.2 Å². The summed E-state index contributed by atoms with van der Waals surface area (Å²) >= 11 is 0. The Balaban J connectivity index is 1.79. The van der Waals surface area contributed by atoms with E-state index in [-0.39, 0.29) is 11.3 Å². The highest BCUT2D eigenvalue weighted by Crippen LogP contribution is 2.31. The summed E-state index contributed by atoms with van der Waals surface area (Å²) in [5, 5.41) is 4.15. The lowest BCUT2D eigenvalue weighted by Crippen LogP contribution is -2.47. The van der Waals surface area contributed by atoms with E-state index in [0.29, 0.717) is 12.3 Å². The number of hydrogen-bond donors (Lipinski definition) is 1. The molecule has 0 unspecified atom stereocenters. The van der Waals surface area contributed by atoms with Crippen molar-refractivity contribution in [2.75, 3.05) is 40.4 Å². The second-order valence-electron chi connectivity index (χ2n) is 8.02. The van der Waals surface area contributed by atoms with E-state index in [9.17, 15) is 4.79 Å². The minimum absolute atomic E-state index is 0.0600. The third-order valence-corrected chi connectivity index (χ3v) is 5.59. The van der Waals surface area contributed by atoms with Crippen LogP contribution in [0.25, 0.3) is 11.0 Å². The van der Waals surface area contributed by atoms with Crippen molar-refractivity contribution in [2.24, 2.45) is 5.41 Å². The van der Waals surface area contributed by atoms with Gasteiger partial charge < -0.3 is 19.4 Å². The number of furan rings is 1. The van der Waals surface area contributed by atoms with Gasteiger partial charge in [-0.05, 0) is 71.0 Å². The Kier molecular flexibility index (Phi) is 5.39. The molecule has 5 heteroatoms. The van der Waals surface area contributed by atoms with E-state index in [4.69, 9.17) is 9.15 Å². The first-order valence-electron chi connectivity index (χ1n) is 9.32. The molecule has 1 aliphatic heterocycles. The van der Waals surface area contributed by atoms with Gasteiger partial charge in [0.05, 0.1) is 0 Å². The number of ether oxygens (including phenoxy) is 1. The molecule has 142 valence electrons. The van der Waals surface area contributed by atoms with Crippen molar-refractivity contribution in [1.29, 1.82) is 0 Å². The van der Waals surface area contributed by atoms with Crippen molar-refractivity contribution in [1.82, 2.24) is 10.2 Å². The van der Waals surface area contributed by atoms with Crippen molar-refractivity contribution in [3.8, 4) is 0 Å². The SMILES string of the molecule is Cc1cc2oc(C(=O)NCC3(CN(C)C)CCOCC3)c(C)c2cc1C. The maximum atomic E-state index is 12.8. The van der Waals surface area contributed by atoms with E-state index in [2.05, 4.69) is 44.2 Å². The Morgan fingerprint density at radius 3 is 2.46 bits per heavy atom. The molecule has 1 amide bonds. The summed E-state index contributed by atoms with van der Waals surface area (Å²) in [6.07, 6.45) is 1.92. The highest BCUT2D eigenvalue weighted by Gasteiger charge is 2.34. The molecule has 2 heterocycles. The first-order valence-corrected chi connectivity index (χ1v) is 9.32. The second-order valence-corrected chi connectivity index (χ2v) is 8.02. The molecule has 0 bridgehead atoms. The number of nitrogens with zero attached hydrogens (tertiary/aromatic N) is 1. The fraction of sp³-hybridized carbons (Fsp3) is 0.571. The smallest absolute Gasteiger partial charge is 0.287 e.